The summed E-state index contributed by atoms with van der Waals surface area (Å²) >= 11 is 0. The van der Waals surface area contributed by atoms with E-state index in [-0.39, 0.29) is 22.0 Å². The van der Waals surface area contributed by atoms with Gasteiger partial charge in [0.15, 0.2) is 16.5 Å². The fraction of sp³-hybridized carbons (Fsp3) is 0.250. The SMILES string of the molecule is Cc1ccc(F)c(NS(=O)(=O)c2c(N)nn(C)c2C)c1F. The van der Waals surface area contributed by atoms with Crippen LogP contribution in [0.5, 0.6) is 0 Å². The number of nitrogen functional groups attached to an aromatic ring is 1. The summed E-state index contributed by atoms with van der Waals surface area (Å²) in [5, 5.41) is 3.77. The first-order valence-corrected chi connectivity index (χ1v) is 7.40. The van der Waals surface area contributed by atoms with Gasteiger partial charge in [-0.15, -0.1) is 0 Å². The molecule has 0 saturated carbocycles. The van der Waals surface area contributed by atoms with E-state index in [1.54, 1.807) is 0 Å². The molecule has 2 rings (SSSR count). The molecule has 0 radical (unpaired) electrons. The van der Waals surface area contributed by atoms with Crippen molar-refractivity contribution in [2.24, 2.45) is 7.05 Å². The molecule has 114 valence electrons. The average Bonchev–Trinajstić information content (AvgIpc) is 2.64. The number of hydrogen-bond acceptors (Lipinski definition) is 4. The Bertz CT molecular complexity index is 815. The van der Waals surface area contributed by atoms with Gasteiger partial charge in [0.1, 0.15) is 11.5 Å². The number of aryl methyl sites for hydroxylation is 2. The van der Waals surface area contributed by atoms with Crippen LogP contribution >= 0.6 is 0 Å². The van der Waals surface area contributed by atoms with Gasteiger partial charge in [-0.25, -0.2) is 17.2 Å². The molecular formula is C12H14F2N4O2S. The first-order valence-electron chi connectivity index (χ1n) is 5.91. The summed E-state index contributed by atoms with van der Waals surface area (Å²) in [5.41, 5.74) is 5.18. The topological polar surface area (TPSA) is 90.0 Å². The molecule has 0 bridgehead atoms. The molecule has 0 unspecified atom stereocenters. The zero-order valence-electron chi connectivity index (χ0n) is 11.6. The van der Waals surface area contributed by atoms with Crippen LogP contribution in [0.15, 0.2) is 17.0 Å². The largest absolute Gasteiger partial charge is 0.381 e. The van der Waals surface area contributed by atoms with Gasteiger partial charge in [-0.05, 0) is 25.5 Å². The first-order chi connectivity index (χ1) is 9.65. The Balaban J connectivity index is 2.55. The lowest BCUT2D eigenvalue weighted by atomic mass is 10.2. The molecule has 0 atom stereocenters. The molecule has 0 aliphatic rings. The quantitative estimate of drug-likeness (QED) is 0.902. The van der Waals surface area contributed by atoms with Crippen molar-refractivity contribution in [3.8, 4) is 0 Å². The van der Waals surface area contributed by atoms with E-state index in [0.29, 0.717) is 0 Å². The van der Waals surface area contributed by atoms with E-state index in [1.165, 1.54) is 31.6 Å². The van der Waals surface area contributed by atoms with Crippen molar-refractivity contribution in [3.05, 3.63) is 35.0 Å². The third kappa shape index (κ3) is 2.56. The molecule has 1 aromatic carbocycles. The Kier molecular flexibility index (Phi) is 3.62. The van der Waals surface area contributed by atoms with Gasteiger partial charge in [0.05, 0.1) is 5.69 Å². The van der Waals surface area contributed by atoms with Crippen molar-refractivity contribution in [3.63, 3.8) is 0 Å². The Labute approximate surface area is 120 Å². The van der Waals surface area contributed by atoms with Crippen LogP contribution < -0.4 is 10.5 Å². The molecule has 0 aliphatic carbocycles. The number of hydrogen-bond donors (Lipinski definition) is 2. The second kappa shape index (κ2) is 4.99. The van der Waals surface area contributed by atoms with Crippen LogP contribution in [0.2, 0.25) is 0 Å². The molecular weight excluding hydrogens is 302 g/mol. The zero-order valence-corrected chi connectivity index (χ0v) is 12.4. The predicted octanol–water partition coefficient (Wildman–Crippen LogP) is 1.70. The highest BCUT2D eigenvalue weighted by Gasteiger charge is 2.27. The molecule has 0 saturated heterocycles. The van der Waals surface area contributed by atoms with Crippen molar-refractivity contribution >= 4 is 21.5 Å². The van der Waals surface area contributed by atoms with E-state index >= 15 is 0 Å². The van der Waals surface area contributed by atoms with Gasteiger partial charge in [-0.3, -0.25) is 9.40 Å². The van der Waals surface area contributed by atoms with Crippen LogP contribution in [-0.4, -0.2) is 18.2 Å². The Morgan fingerprint density at radius 1 is 1.29 bits per heavy atom. The number of nitrogens with zero attached hydrogens (tertiary/aromatic N) is 2. The number of halogens is 2. The van der Waals surface area contributed by atoms with Crippen molar-refractivity contribution in [1.29, 1.82) is 0 Å². The lowest BCUT2D eigenvalue weighted by Gasteiger charge is -2.11. The molecule has 0 fully saturated rings. The molecule has 1 heterocycles. The highest BCUT2D eigenvalue weighted by molar-refractivity contribution is 7.93. The van der Waals surface area contributed by atoms with Gasteiger partial charge in [0.25, 0.3) is 10.0 Å². The maximum atomic E-state index is 13.9. The number of anilines is 2. The lowest BCUT2D eigenvalue weighted by molar-refractivity contribution is 0.578. The monoisotopic (exact) mass is 316 g/mol. The van der Waals surface area contributed by atoms with Gasteiger partial charge >= 0.3 is 0 Å². The second-order valence-electron chi connectivity index (χ2n) is 4.58. The van der Waals surface area contributed by atoms with Crippen LogP contribution in [0, 0.1) is 25.5 Å². The maximum Gasteiger partial charge on any atom is 0.267 e. The van der Waals surface area contributed by atoms with Crippen molar-refractivity contribution < 1.29 is 17.2 Å². The molecule has 2 aromatic rings. The summed E-state index contributed by atoms with van der Waals surface area (Å²) in [4.78, 5) is -0.301. The van der Waals surface area contributed by atoms with E-state index in [9.17, 15) is 17.2 Å². The van der Waals surface area contributed by atoms with Crippen LogP contribution in [0.4, 0.5) is 20.3 Å². The molecule has 0 amide bonds. The lowest BCUT2D eigenvalue weighted by Crippen LogP contribution is -2.17. The number of benzene rings is 1. The summed E-state index contributed by atoms with van der Waals surface area (Å²) in [6.45, 7) is 2.89. The smallest absolute Gasteiger partial charge is 0.267 e. The van der Waals surface area contributed by atoms with Gasteiger partial charge in [-0.1, -0.05) is 6.07 Å². The normalized spacial score (nSPS) is 11.7. The fourth-order valence-corrected chi connectivity index (χ4v) is 3.28. The average molecular weight is 316 g/mol. The number of aromatic nitrogens is 2. The Morgan fingerprint density at radius 3 is 2.43 bits per heavy atom. The Hall–Kier alpha value is -2.16. The maximum absolute atomic E-state index is 13.9. The zero-order chi connectivity index (χ0) is 15.9. The van der Waals surface area contributed by atoms with Crippen molar-refractivity contribution in [2.45, 2.75) is 18.7 Å². The number of sulfonamides is 1. The predicted molar refractivity (Wildman–Crippen MR) is 74.3 cm³/mol. The Morgan fingerprint density at radius 2 is 1.90 bits per heavy atom. The molecule has 1 aromatic heterocycles. The molecule has 0 spiro atoms. The van der Waals surface area contributed by atoms with Gasteiger partial charge in [-0.2, -0.15) is 5.10 Å². The fourth-order valence-electron chi connectivity index (χ4n) is 1.88. The number of nitrogens with one attached hydrogen (secondary N) is 1. The minimum absolute atomic E-state index is 0.116. The second-order valence-corrected chi connectivity index (χ2v) is 6.20. The van der Waals surface area contributed by atoms with Crippen molar-refractivity contribution in [1.82, 2.24) is 9.78 Å². The molecule has 6 nitrogen and oxygen atoms in total. The summed E-state index contributed by atoms with van der Waals surface area (Å²) in [5.74, 6) is -2.23. The van der Waals surface area contributed by atoms with Crippen LogP contribution in [0.25, 0.3) is 0 Å². The summed E-state index contributed by atoms with van der Waals surface area (Å²) in [6, 6.07) is 2.20. The van der Waals surface area contributed by atoms with Crippen LogP contribution in [0.1, 0.15) is 11.3 Å². The van der Waals surface area contributed by atoms with E-state index < -0.39 is 27.3 Å². The minimum atomic E-state index is -4.25. The third-order valence-electron chi connectivity index (χ3n) is 3.09. The molecule has 21 heavy (non-hydrogen) atoms. The molecule has 3 N–H and O–H groups in total. The summed E-state index contributed by atoms with van der Waals surface area (Å²) in [6.07, 6.45) is 0. The molecule has 9 heteroatoms. The van der Waals surface area contributed by atoms with Gasteiger partial charge < -0.3 is 5.73 Å². The minimum Gasteiger partial charge on any atom is -0.381 e. The van der Waals surface area contributed by atoms with Crippen LogP contribution in [-0.2, 0) is 17.1 Å². The van der Waals surface area contributed by atoms with Crippen molar-refractivity contribution in [2.75, 3.05) is 10.5 Å². The van der Waals surface area contributed by atoms with E-state index in [2.05, 4.69) is 5.10 Å². The summed E-state index contributed by atoms with van der Waals surface area (Å²) < 4.78 is 55.3. The van der Waals surface area contributed by atoms with Crippen LogP contribution in [0.3, 0.4) is 0 Å². The highest BCUT2D eigenvalue weighted by Crippen LogP contribution is 2.28. The number of rotatable bonds is 3. The van der Waals surface area contributed by atoms with Gasteiger partial charge in [0, 0.05) is 7.05 Å². The third-order valence-corrected chi connectivity index (χ3v) is 4.61. The van der Waals surface area contributed by atoms with E-state index in [0.717, 1.165) is 6.07 Å². The highest BCUT2D eigenvalue weighted by atomic mass is 32.2. The standard InChI is InChI=1S/C12H14F2N4O2S/c1-6-4-5-8(13)10(9(6)14)17-21(19,20)11-7(2)18(3)16-12(11)15/h4-5,17H,1-3H3,(H2,15,16). The summed E-state index contributed by atoms with van der Waals surface area (Å²) in [7, 11) is -2.74. The number of nitrogens with two attached hydrogens (primary N) is 1. The van der Waals surface area contributed by atoms with E-state index in [4.69, 9.17) is 5.73 Å². The van der Waals surface area contributed by atoms with Gasteiger partial charge in [0.2, 0.25) is 0 Å². The molecule has 0 aliphatic heterocycles. The van der Waals surface area contributed by atoms with E-state index in [1.807, 2.05) is 4.72 Å². The first kappa shape index (κ1) is 15.2.